The molecular weight excluding hydrogens is 352 g/mol. The Morgan fingerprint density at radius 2 is 1.92 bits per heavy atom. The predicted octanol–water partition coefficient (Wildman–Crippen LogP) is 2.88. The van der Waals surface area contributed by atoms with Gasteiger partial charge in [0.25, 0.3) is 5.91 Å². The highest BCUT2D eigenvalue weighted by molar-refractivity contribution is 7.89. The number of piperidine rings is 1. The zero-order chi connectivity index (χ0) is 18.7. The molecule has 1 aromatic heterocycles. The Morgan fingerprint density at radius 3 is 2.58 bits per heavy atom. The minimum absolute atomic E-state index is 0.157. The van der Waals surface area contributed by atoms with Gasteiger partial charge in [0.05, 0.1) is 17.7 Å². The first-order valence-corrected chi connectivity index (χ1v) is 10.2. The Balaban J connectivity index is 1.76. The van der Waals surface area contributed by atoms with Gasteiger partial charge in [-0.3, -0.25) is 4.79 Å². The molecule has 6 nitrogen and oxygen atoms in total. The van der Waals surface area contributed by atoms with Crippen molar-refractivity contribution >= 4 is 15.9 Å². The molecule has 2 atom stereocenters. The van der Waals surface area contributed by atoms with Gasteiger partial charge in [0.15, 0.2) is 0 Å². The fourth-order valence-corrected chi connectivity index (χ4v) is 5.16. The minimum atomic E-state index is -3.61. The number of furan rings is 1. The summed E-state index contributed by atoms with van der Waals surface area (Å²) in [6.45, 7) is 5.42. The summed E-state index contributed by atoms with van der Waals surface area (Å²) < 4.78 is 32.7. The molecule has 0 spiro atoms. The number of hydrogen-bond donors (Lipinski definition) is 1. The van der Waals surface area contributed by atoms with Gasteiger partial charge in [0.2, 0.25) is 10.0 Å². The molecule has 0 saturated carbocycles. The van der Waals surface area contributed by atoms with Crippen LogP contribution in [0.15, 0.2) is 52.0 Å². The molecule has 1 aliphatic rings. The molecule has 140 valence electrons. The van der Waals surface area contributed by atoms with Gasteiger partial charge in [-0.1, -0.05) is 19.9 Å². The fraction of sp³-hybridized carbons (Fsp3) is 0.421. The van der Waals surface area contributed by atoms with Gasteiger partial charge in [0, 0.05) is 18.7 Å². The molecule has 7 heteroatoms. The molecule has 1 N–H and O–H groups in total. The normalized spacial score (nSPS) is 21.5. The fourth-order valence-electron chi connectivity index (χ4n) is 3.43. The molecule has 3 rings (SSSR count). The van der Waals surface area contributed by atoms with Crippen molar-refractivity contribution in [2.75, 3.05) is 13.1 Å². The van der Waals surface area contributed by atoms with E-state index in [-0.39, 0.29) is 17.3 Å². The number of carbonyl (C=O) groups is 1. The van der Waals surface area contributed by atoms with Crippen LogP contribution in [0.1, 0.15) is 36.4 Å². The molecule has 0 radical (unpaired) electrons. The van der Waals surface area contributed by atoms with E-state index in [2.05, 4.69) is 19.2 Å². The molecular formula is C19H24N2O4S. The quantitative estimate of drug-likeness (QED) is 0.870. The summed E-state index contributed by atoms with van der Waals surface area (Å²) in [6.07, 6.45) is 2.57. The number of nitrogens with one attached hydrogen (secondary N) is 1. The molecule has 1 aromatic carbocycles. The zero-order valence-electron chi connectivity index (χ0n) is 15.0. The third-order valence-corrected chi connectivity index (χ3v) is 6.40. The summed E-state index contributed by atoms with van der Waals surface area (Å²) in [7, 11) is -3.61. The van der Waals surface area contributed by atoms with Gasteiger partial charge in [-0.2, -0.15) is 4.31 Å². The van der Waals surface area contributed by atoms with Crippen molar-refractivity contribution in [3.63, 3.8) is 0 Å². The third kappa shape index (κ3) is 4.16. The summed E-state index contributed by atoms with van der Waals surface area (Å²) in [5.41, 5.74) is 0.315. The van der Waals surface area contributed by atoms with Crippen LogP contribution in [0.3, 0.4) is 0 Å². The molecule has 1 aliphatic heterocycles. The lowest BCUT2D eigenvalue weighted by Crippen LogP contribution is -2.42. The van der Waals surface area contributed by atoms with Crippen LogP contribution < -0.4 is 5.32 Å². The first-order chi connectivity index (χ1) is 12.4. The predicted molar refractivity (Wildman–Crippen MR) is 98.0 cm³/mol. The maximum Gasteiger partial charge on any atom is 0.251 e. The topological polar surface area (TPSA) is 79.6 Å². The van der Waals surface area contributed by atoms with Crippen LogP contribution in [-0.4, -0.2) is 31.7 Å². The first-order valence-electron chi connectivity index (χ1n) is 8.77. The van der Waals surface area contributed by atoms with Crippen molar-refractivity contribution in [3.8, 4) is 0 Å². The lowest BCUT2D eigenvalue weighted by atomic mass is 9.94. The summed E-state index contributed by atoms with van der Waals surface area (Å²) in [6, 6.07) is 9.71. The van der Waals surface area contributed by atoms with Crippen LogP contribution in [0, 0.1) is 11.8 Å². The molecule has 2 heterocycles. The van der Waals surface area contributed by atoms with E-state index in [4.69, 9.17) is 4.42 Å². The number of nitrogens with zero attached hydrogens (tertiary/aromatic N) is 1. The Labute approximate surface area is 154 Å². The van der Waals surface area contributed by atoms with Gasteiger partial charge in [-0.25, -0.2) is 8.42 Å². The van der Waals surface area contributed by atoms with Gasteiger partial charge in [-0.15, -0.1) is 0 Å². The van der Waals surface area contributed by atoms with Crippen LogP contribution in [-0.2, 0) is 16.6 Å². The Kier molecular flexibility index (Phi) is 5.48. The number of sulfonamides is 1. The maximum absolute atomic E-state index is 13.0. The van der Waals surface area contributed by atoms with E-state index in [1.165, 1.54) is 16.6 Å². The standard InChI is InChI=1S/C19H24N2O4S/c1-14-9-15(2)13-21(12-14)26(23,24)18-7-3-5-16(10-18)19(22)20-11-17-6-4-8-25-17/h3-8,10,14-15H,9,11-13H2,1-2H3,(H,20,22). The summed E-state index contributed by atoms with van der Waals surface area (Å²) in [5, 5.41) is 2.73. The highest BCUT2D eigenvalue weighted by atomic mass is 32.2. The van der Waals surface area contributed by atoms with Crippen molar-refractivity contribution in [3.05, 3.63) is 54.0 Å². The second-order valence-electron chi connectivity index (χ2n) is 7.06. The summed E-state index contributed by atoms with van der Waals surface area (Å²) in [5.74, 6) is 0.957. The third-order valence-electron chi connectivity index (χ3n) is 4.57. The lowest BCUT2D eigenvalue weighted by Gasteiger charge is -2.34. The SMILES string of the molecule is CC1CC(C)CN(S(=O)(=O)c2cccc(C(=O)NCc3ccco3)c2)C1. The Hall–Kier alpha value is -2.12. The molecule has 1 amide bonds. The molecule has 26 heavy (non-hydrogen) atoms. The highest BCUT2D eigenvalue weighted by Gasteiger charge is 2.31. The van der Waals surface area contributed by atoms with E-state index in [0.717, 1.165) is 6.42 Å². The minimum Gasteiger partial charge on any atom is -0.467 e. The number of rotatable bonds is 5. The number of carbonyl (C=O) groups excluding carboxylic acids is 1. The van der Waals surface area contributed by atoms with Crippen molar-refractivity contribution in [2.24, 2.45) is 11.8 Å². The van der Waals surface area contributed by atoms with Crippen LogP contribution in [0.25, 0.3) is 0 Å². The molecule has 1 saturated heterocycles. The van der Waals surface area contributed by atoms with Crippen molar-refractivity contribution in [2.45, 2.75) is 31.7 Å². The summed E-state index contributed by atoms with van der Waals surface area (Å²) in [4.78, 5) is 12.5. The number of hydrogen-bond acceptors (Lipinski definition) is 4. The van der Waals surface area contributed by atoms with Crippen LogP contribution in [0.2, 0.25) is 0 Å². The highest BCUT2D eigenvalue weighted by Crippen LogP contribution is 2.27. The van der Waals surface area contributed by atoms with Crippen molar-refractivity contribution in [1.82, 2.24) is 9.62 Å². The van der Waals surface area contributed by atoms with Gasteiger partial charge >= 0.3 is 0 Å². The van der Waals surface area contributed by atoms with E-state index in [9.17, 15) is 13.2 Å². The molecule has 2 aromatic rings. The van der Waals surface area contributed by atoms with Gasteiger partial charge in [0.1, 0.15) is 5.76 Å². The average Bonchev–Trinajstić information content (AvgIpc) is 3.12. The molecule has 0 aliphatic carbocycles. The van der Waals surface area contributed by atoms with E-state index in [1.807, 2.05) is 0 Å². The van der Waals surface area contributed by atoms with Crippen molar-refractivity contribution < 1.29 is 17.6 Å². The van der Waals surface area contributed by atoms with Crippen molar-refractivity contribution in [1.29, 1.82) is 0 Å². The van der Waals surface area contributed by atoms with Crippen LogP contribution in [0.5, 0.6) is 0 Å². The van der Waals surface area contributed by atoms with Gasteiger partial charge in [-0.05, 0) is 48.6 Å². The average molecular weight is 376 g/mol. The van der Waals surface area contributed by atoms with Gasteiger partial charge < -0.3 is 9.73 Å². The maximum atomic E-state index is 13.0. The second kappa shape index (κ2) is 7.63. The first kappa shape index (κ1) is 18.7. The molecule has 1 fully saturated rings. The molecule has 0 bridgehead atoms. The zero-order valence-corrected chi connectivity index (χ0v) is 15.8. The van der Waals surface area contributed by atoms with Crippen LogP contribution >= 0.6 is 0 Å². The van der Waals surface area contributed by atoms with Crippen LogP contribution in [0.4, 0.5) is 0 Å². The monoisotopic (exact) mass is 376 g/mol. The smallest absolute Gasteiger partial charge is 0.251 e. The van der Waals surface area contributed by atoms with E-state index >= 15 is 0 Å². The van der Waals surface area contributed by atoms with E-state index < -0.39 is 10.0 Å². The Morgan fingerprint density at radius 1 is 1.19 bits per heavy atom. The number of benzene rings is 1. The van der Waals surface area contributed by atoms with E-state index in [0.29, 0.717) is 36.2 Å². The van der Waals surface area contributed by atoms with E-state index in [1.54, 1.807) is 30.3 Å². The number of amides is 1. The molecule has 2 unspecified atom stereocenters. The second-order valence-corrected chi connectivity index (χ2v) is 9.00. The summed E-state index contributed by atoms with van der Waals surface area (Å²) >= 11 is 0. The Bertz CT molecular complexity index is 851. The largest absolute Gasteiger partial charge is 0.467 e. The lowest BCUT2D eigenvalue weighted by molar-refractivity contribution is 0.0948.